The molecular formula is C21H21FN4O3. The maximum atomic E-state index is 13.7. The quantitative estimate of drug-likeness (QED) is 0.635. The van der Waals surface area contributed by atoms with E-state index in [0.717, 1.165) is 0 Å². The Labute approximate surface area is 167 Å². The van der Waals surface area contributed by atoms with Crippen LogP contribution in [-0.2, 0) is 6.54 Å². The molecule has 3 aromatic rings. The SMILES string of the molecule is COc1ccc(OC)c(Nc2cc(C(=O)NCc3ccccc3F)nc(C)n2)c1. The molecule has 7 nitrogen and oxygen atoms in total. The number of halogens is 1. The van der Waals surface area contributed by atoms with E-state index in [4.69, 9.17) is 9.47 Å². The van der Waals surface area contributed by atoms with Gasteiger partial charge in [0.15, 0.2) is 0 Å². The van der Waals surface area contributed by atoms with Crippen LogP contribution >= 0.6 is 0 Å². The normalized spacial score (nSPS) is 10.3. The van der Waals surface area contributed by atoms with Crippen molar-refractivity contribution in [1.29, 1.82) is 0 Å². The summed E-state index contributed by atoms with van der Waals surface area (Å²) in [6.07, 6.45) is 0. The number of methoxy groups -OCH3 is 2. The van der Waals surface area contributed by atoms with E-state index in [-0.39, 0.29) is 18.1 Å². The molecule has 0 aliphatic carbocycles. The fourth-order valence-corrected chi connectivity index (χ4v) is 2.71. The molecule has 0 saturated carbocycles. The summed E-state index contributed by atoms with van der Waals surface area (Å²) in [5.74, 6) is 1.25. The van der Waals surface area contributed by atoms with Crippen molar-refractivity contribution in [2.75, 3.05) is 19.5 Å². The number of carbonyl (C=O) groups is 1. The van der Waals surface area contributed by atoms with E-state index < -0.39 is 5.91 Å². The lowest BCUT2D eigenvalue weighted by Crippen LogP contribution is -2.25. The number of aryl methyl sites for hydroxylation is 1. The van der Waals surface area contributed by atoms with Crippen LogP contribution in [0.5, 0.6) is 11.5 Å². The number of carbonyl (C=O) groups excluding carboxylic acids is 1. The highest BCUT2D eigenvalue weighted by atomic mass is 19.1. The van der Waals surface area contributed by atoms with Crippen LogP contribution in [0.25, 0.3) is 0 Å². The molecule has 29 heavy (non-hydrogen) atoms. The minimum atomic E-state index is -0.431. The first-order valence-electron chi connectivity index (χ1n) is 8.86. The highest BCUT2D eigenvalue weighted by Crippen LogP contribution is 2.31. The van der Waals surface area contributed by atoms with Crippen molar-refractivity contribution in [3.63, 3.8) is 0 Å². The standard InChI is InChI=1S/C21H21FN4O3/c1-13-24-18(21(27)23-12-14-6-4-5-7-16(14)22)11-20(25-13)26-17-10-15(28-2)8-9-19(17)29-3/h4-11H,12H2,1-3H3,(H,23,27)(H,24,25,26). The molecule has 0 aliphatic rings. The molecule has 0 saturated heterocycles. The average molecular weight is 396 g/mol. The summed E-state index contributed by atoms with van der Waals surface area (Å²) in [5.41, 5.74) is 1.19. The first kappa shape index (κ1) is 20.1. The zero-order valence-electron chi connectivity index (χ0n) is 16.3. The third kappa shape index (κ3) is 4.98. The van der Waals surface area contributed by atoms with Crippen LogP contribution in [0.3, 0.4) is 0 Å². The number of nitrogens with zero attached hydrogens (tertiary/aromatic N) is 2. The summed E-state index contributed by atoms with van der Waals surface area (Å²) in [5, 5.41) is 5.79. The lowest BCUT2D eigenvalue weighted by Gasteiger charge is -2.13. The molecule has 0 fully saturated rings. The van der Waals surface area contributed by atoms with Crippen molar-refractivity contribution in [3.05, 3.63) is 71.4 Å². The Hall–Kier alpha value is -3.68. The summed E-state index contributed by atoms with van der Waals surface area (Å²) in [4.78, 5) is 21.0. The van der Waals surface area contributed by atoms with Gasteiger partial charge in [-0.2, -0.15) is 0 Å². The minimum Gasteiger partial charge on any atom is -0.497 e. The third-order valence-corrected chi connectivity index (χ3v) is 4.14. The maximum Gasteiger partial charge on any atom is 0.270 e. The van der Waals surface area contributed by atoms with Gasteiger partial charge in [0.2, 0.25) is 0 Å². The van der Waals surface area contributed by atoms with Gasteiger partial charge in [0.25, 0.3) is 5.91 Å². The fraction of sp³-hybridized carbons (Fsp3) is 0.190. The number of nitrogens with one attached hydrogen (secondary N) is 2. The molecule has 0 unspecified atom stereocenters. The minimum absolute atomic E-state index is 0.0566. The summed E-state index contributed by atoms with van der Waals surface area (Å²) >= 11 is 0. The van der Waals surface area contributed by atoms with E-state index in [1.54, 1.807) is 57.5 Å². The summed E-state index contributed by atoms with van der Waals surface area (Å²) in [7, 11) is 3.12. The molecule has 1 heterocycles. The zero-order valence-corrected chi connectivity index (χ0v) is 16.3. The predicted octanol–water partition coefficient (Wildman–Crippen LogP) is 3.61. The first-order valence-corrected chi connectivity index (χ1v) is 8.86. The average Bonchev–Trinajstić information content (AvgIpc) is 2.72. The number of rotatable bonds is 7. The van der Waals surface area contributed by atoms with Crippen LogP contribution in [0.2, 0.25) is 0 Å². The fourth-order valence-electron chi connectivity index (χ4n) is 2.71. The van der Waals surface area contributed by atoms with Crippen molar-refractivity contribution >= 4 is 17.4 Å². The molecule has 2 aromatic carbocycles. The number of hydrogen-bond acceptors (Lipinski definition) is 6. The molecule has 1 aromatic heterocycles. The van der Waals surface area contributed by atoms with Gasteiger partial charge in [-0.1, -0.05) is 18.2 Å². The van der Waals surface area contributed by atoms with Crippen LogP contribution in [-0.4, -0.2) is 30.1 Å². The zero-order chi connectivity index (χ0) is 20.8. The van der Waals surface area contributed by atoms with Gasteiger partial charge < -0.3 is 20.1 Å². The second-order valence-corrected chi connectivity index (χ2v) is 6.15. The van der Waals surface area contributed by atoms with Gasteiger partial charge in [0, 0.05) is 24.2 Å². The van der Waals surface area contributed by atoms with E-state index in [1.807, 2.05) is 0 Å². The van der Waals surface area contributed by atoms with Crippen LogP contribution in [0.4, 0.5) is 15.9 Å². The van der Waals surface area contributed by atoms with E-state index >= 15 is 0 Å². The van der Waals surface area contributed by atoms with Crippen LogP contribution in [0.15, 0.2) is 48.5 Å². The van der Waals surface area contributed by atoms with Gasteiger partial charge >= 0.3 is 0 Å². The Morgan fingerprint density at radius 3 is 2.59 bits per heavy atom. The summed E-state index contributed by atoms with van der Waals surface area (Å²) < 4.78 is 24.3. The van der Waals surface area contributed by atoms with Gasteiger partial charge in [0.1, 0.15) is 34.7 Å². The molecule has 3 rings (SSSR count). The number of aromatic nitrogens is 2. The molecule has 150 valence electrons. The molecule has 2 N–H and O–H groups in total. The summed E-state index contributed by atoms with van der Waals surface area (Å²) in [6.45, 7) is 1.74. The molecule has 0 bridgehead atoms. The Kier molecular flexibility index (Phi) is 6.23. The van der Waals surface area contributed by atoms with Gasteiger partial charge in [0.05, 0.1) is 19.9 Å². The van der Waals surface area contributed by atoms with Gasteiger partial charge in [-0.3, -0.25) is 4.79 Å². The Bertz CT molecular complexity index is 1030. The smallest absolute Gasteiger partial charge is 0.270 e. The number of anilines is 2. The molecule has 1 amide bonds. The third-order valence-electron chi connectivity index (χ3n) is 4.14. The van der Waals surface area contributed by atoms with Crippen molar-refractivity contribution in [3.8, 4) is 11.5 Å². The largest absolute Gasteiger partial charge is 0.497 e. The van der Waals surface area contributed by atoms with E-state index in [0.29, 0.717) is 34.4 Å². The Balaban J connectivity index is 1.79. The Morgan fingerprint density at radius 1 is 1.07 bits per heavy atom. The van der Waals surface area contributed by atoms with Gasteiger partial charge in [-0.25, -0.2) is 14.4 Å². The van der Waals surface area contributed by atoms with Crippen molar-refractivity contribution in [1.82, 2.24) is 15.3 Å². The second-order valence-electron chi connectivity index (χ2n) is 6.15. The molecule has 8 heteroatoms. The number of benzene rings is 2. The molecule has 0 spiro atoms. The van der Waals surface area contributed by atoms with E-state index in [9.17, 15) is 9.18 Å². The second kappa shape index (κ2) is 9.01. The van der Waals surface area contributed by atoms with Crippen LogP contribution in [0, 0.1) is 12.7 Å². The predicted molar refractivity (Wildman–Crippen MR) is 107 cm³/mol. The molecule has 0 atom stereocenters. The van der Waals surface area contributed by atoms with E-state index in [1.165, 1.54) is 12.1 Å². The van der Waals surface area contributed by atoms with Crippen molar-refractivity contribution in [2.24, 2.45) is 0 Å². The monoisotopic (exact) mass is 396 g/mol. The number of amides is 1. The van der Waals surface area contributed by atoms with Crippen LogP contribution < -0.4 is 20.1 Å². The maximum absolute atomic E-state index is 13.7. The highest BCUT2D eigenvalue weighted by Gasteiger charge is 2.13. The lowest BCUT2D eigenvalue weighted by molar-refractivity contribution is 0.0945. The number of hydrogen-bond donors (Lipinski definition) is 2. The van der Waals surface area contributed by atoms with Crippen LogP contribution in [0.1, 0.15) is 21.9 Å². The van der Waals surface area contributed by atoms with E-state index in [2.05, 4.69) is 20.6 Å². The lowest BCUT2D eigenvalue weighted by atomic mass is 10.2. The van der Waals surface area contributed by atoms with Crippen molar-refractivity contribution < 1.29 is 18.7 Å². The van der Waals surface area contributed by atoms with Crippen molar-refractivity contribution in [2.45, 2.75) is 13.5 Å². The highest BCUT2D eigenvalue weighted by molar-refractivity contribution is 5.93. The molecule has 0 aliphatic heterocycles. The van der Waals surface area contributed by atoms with Gasteiger partial charge in [-0.15, -0.1) is 0 Å². The first-order chi connectivity index (χ1) is 14.0. The molecular weight excluding hydrogens is 375 g/mol. The number of ether oxygens (including phenoxy) is 2. The molecule has 0 radical (unpaired) electrons. The topological polar surface area (TPSA) is 85.4 Å². The Morgan fingerprint density at radius 2 is 1.86 bits per heavy atom. The van der Waals surface area contributed by atoms with Gasteiger partial charge in [-0.05, 0) is 25.1 Å². The summed E-state index contributed by atoms with van der Waals surface area (Å²) in [6, 6.07) is 13.1.